The monoisotopic (exact) mass is 669 g/mol. The Labute approximate surface area is 276 Å². The van der Waals surface area contributed by atoms with E-state index in [-0.39, 0.29) is 10.9 Å². The number of likely N-dealkylation sites (tertiary alicyclic amines) is 1. The van der Waals surface area contributed by atoms with Crippen molar-refractivity contribution in [3.05, 3.63) is 56.7 Å². The first-order valence-electron chi connectivity index (χ1n) is 16.0. The van der Waals surface area contributed by atoms with Gasteiger partial charge in [0, 0.05) is 80.2 Å². The van der Waals surface area contributed by atoms with Gasteiger partial charge in [-0.3, -0.25) is 9.80 Å². The minimum atomic E-state index is -4.25. The van der Waals surface area contributed by atoms with Gasteiger partial charge >= 0.3 is 6.18 Å². The summed E-state index contributed by atoms with van der Waals surface area (Å²) in [7, 11) is 1.19. The van der Waals surface area contributed by atoms with Crippen LogP contribution in [0.5, 0.6) is 0 Å². The van der Waals surface area contributed by atoms with Crippen LogP contribution in [0.15, 0.2) is 29.4 Å². The highest BCUT2D eigenvalue weighted by atomic mass is 32.1. The second-order valence-electron chi connectivity index (χ2n) is 12.4. The minimum Gasteiger partial charge on any atom is -0.367 e. The van der Waals surface area contributed by atoms with Crippen LogP contribution in [0.25, 0.3) is 21.1 Å². The van der Waals surface area contributed by atoms with Crippen LogP contribution in [0.2, 0.25) is 0 Å². The summed E-state index contributed by atoms with van der Waals surface area (Å²) in [6, 6.07) is 11.0. The lowest BCUT2D eigenvalue weighted by Crippen LogP contribution is -2.48. The number of rotatable bonds is 8. The summed E-state index contributed by atoms with van der Waals surface area (Å²) in [5.41, 5.74) is 4.31. The van der Waals surface area contributed by atoms with Gasteiger partial charge in [-0.1, -0.05) is 11.2 Å². The Kier molecular flexibility index (Phi) is 11.1. The average Bonchev–Trinajstić information content (AvgIpc) is 3.60. The molecular formula is C33H42F3N9OS. The van der Waals surface area contributed by atoms with E-state index in [1.54, 1.807) is 13.0 Å². The van der Waals surface area contributed by atoms with Crippen LogP contribution in [-0.2, 0) is 19.5 Å². The number of piperazine rings is 1. The summed E-state index contributed by atoms with van der Waals surface area (Å²) in [5.74, 6) is 1.18. The van der Waals surface area contributed by atoms with Crippen LogP contribution >= 0.6 is 11.3 Å². The van der Waals surface area contributed by atoms with E-state index in [2.05, 4.69) is 72.2 Å². The second-order valence-corrected chi connectivity index (χ2v) is 13.5. The number of nitrogens with one attached hydrogen (secondary N) is 2. The SMILES string of the molecule is CN=O.Cc1nc(NC2CCN(Cc3ccc4c(cc(C#N)n4CC(C)N4CCNCC4)c3C)CC2)c2cc(CC(F)(F)F)sc2n1. The van der Waals surface area contributed by atoms with Crippen LogP contribution in [0.1, 0.15) is 47.3 Å². The number of halogens is 3. The molecule has 252 valence electrons. The predicted octanol–water partition coefficient (Wildman–Crippen LogP) is 5.99. The number of piperidine rings is 1. The van der Waals surface area contributed by atoms with Gasteiger partial charge in [0.1, 0.15) is 28.2 Å². The molecule has 0 spiro atoms. The van der Waals surface area contributed by atoms with Gasteiger partial charge in [0.15, 0.2) is 0 Å². The lowest BCUT2D eigenvalue weighted by Gasteiger charge is -2.33. The molecule has 2 fully saturated rings. The molecule has 5 heterocycles. The van der Waals surface area contributed by atoms with Crippen molar-refractivity contribution in [1.82, 2.24) is 29.7 Å². The molecule has 47 heavy (non-hydrogen) atoms. The van der Waals surface area contributed by atoms with E-state index >= 15 is 0 Å². The third-order valence-electron chi connectivity index (χ3n) is 9.06. The summed E-state index contributed by atoms with van der Waals surface area (Å²) in [6.45, 7) is 13.7. The molecule has 0 radical (unpaired) electrons. The van der Waals surface area contributed by atoms with Gasteiger partial charge in [0.05, 0.1) is 18.9 Å². The van der Waals surface area contributed by atoms with Gasteiger partial charge in [0.2, 0.25) is 0 Å². The second kappa shape index (κ2) is 15.1. The average molecular weight is 670 g/mol. The van der Waals surface area contributed by atoms with Crippen molar-refractivity contribution in [2.24, 2.45) is 5.18 Å². The normalized spacial score (nSPS) is 17.3. The standard InChI is InChI=1S/C32H39F3N8S.CH3NO/c1-20(42-12-8-37-9-13-42)18-43-25(17-36)14-27-21(2)23(4-5-29(27)43)19-41-10-6-24(7-11-41)40-30-28-15-26(16-32(33,34)35)44-31(28)39-22(3)38-30;1-2-3/h4-5,14-15,20,24,37H,6-13,16,18-19H2,1-3H3,(H,38,39,40);1H3. The zero-order valence-electron chi connectivity index (χ0n) is 27.3. The lowest BCUT2D eigenvalue weighted by atomic mass is 10.0. The highest BCUT2D eigenvalue weighted by Gasteiger charge is 2.29. The Balaban J connectivity index is 0.00000139. The number of aryl methyl sites for hydroxylation is 2. The Morgan fingerprint density at radius 2 is 1.83 bits per heavy atom. The molecule has 0 bridgehead atoms. The van der Waals surface area contributed by atoms with Crippen molar-refractivity contribution in [3.8, 4) is 6.07 Å². The Morgan fingerprint density at radius 3 is 2.49 bits per heavy atom. The molecule has 1 unspecified atom stereocenters. The quantitative estimate of drug-likeness (QED) is 0.220. The smallest absolute Gasteiger partial charge is 0.367 e. The van der Waals surface area contributed by atoms with E-state index in [9.17, 15) is 18.4 Å². The molecule has 3 aromatic heterocycles. The van der Waals surface area contributed by atoms with E-state index in [1.165, 1.54) is 18.2 Å². The van der Waals surface area contributed by atoms with Crippen LogP contribution in [-0.4, -0.2) is 88.9 Å². The first kappa shape index (κ1) is 34.7. The highest BCUT2D eigenvalue weighted by molar-refractivity contribution is 7.18. The third-order valence-corrected chi connectivity index (χ3v) is 10.1. The molecule has 10 nitrogen and oxygen atoms in total. The summed E-state index contributed by atoms with van der Waals surface area (Å²) >= 11 is 1.09. The number of alkyl halides is 3. The van der Waals surface area contributed by atoms with E-state index in [0.29, 0.717) is 33.6 Å². The molecule has 0 amide bonds. The molecule has 2 saturated heterocycles. The molecule has 1 atom stereocenters. The van der Waals surface area contributed by atoms with Gasteiger partial charge in [-0.2, -0.15) is 23.3 Å². The molecule has 14 heteroatoms. The number of hydrogen-bond donors (Lipinski definition) is 2. The molecular weight excluding hydrogens is 627 g/mol. The van der Waals surface area contributed by atoms with Crippen LogP contribution in [0.4, 0.5) is 19.0 Å². The highest BCUT2D eigenvalue weighted by Crippen LogP contribution is 2.34. The van der Waals surface area contributed by atoms with Crippen molar-refractivity contribution in [2.75, 3.05) is 51.6 Å². The van der Waals surface area contributed by atoms with Crippen molar-refractivity contribution in [1.29, 1.82) is 5.26 Å². The van der Waals surface area contributed by atoms with E-state index in [0.717, 1.165) is 87.4 Å². The third kappa shape index (κ3) is 8.45. The molecule has 4 aromatic rings. The number of benzene rings is 1. The first-order chi connectivity index (χ1) is 22.5. The maximum atomic E-state index is 13.0. The number of thiophene rings is 1. The van der Waals surface area contributed by atoms with Crippen LogP contribution in [0.3, 0.4) is 0 Å². The largest absolute Gasteiger partial charge is 0.393 e. The van der Waals surface area contributed by atoms with E-state index < -0.39 is 12.6 Å². The maximum absolute atomic E-state index is 13.0. The fourth-order valence-corrected chi connectivity index (χ4v) is 7.73. The molecule has 0 aliphatic carbocycles. The van der Waals surface area contributed by atoms with Crippen molar-refractivity contribution >= 4 is 38.3 Å². The van der Waals surface area contributed by atoms with Crippen LogP contribution in [0, 0.1) is 30.1 Å². The zero-order valence-corrected chi connectivity index (χ0v) is 28.1. The number of anilines is 1. The maximum Gasteiger partial charge on any atom is 0.393 e. The molecule has 2 aliphatic heterocycles. The zero-order chi connectivity index (χ0) is 33.7. The van der Waals surface area contributed by atoms with Crippen molar-refractivity contribution < 1.29 is 13.2 Å². The number of nitroso groups, excluding NO2 is 1. The van der Waals surface area contributed by atoms with E-state index in [4.69, 9.17) is 4.91 Å². The van der Waals surface area contributed by atoms with E-state index in [1.807, 2.05) is 6.07 Å². The number of fused-ring (bicyclic) bond motifs is 2. The Morgan fingerprint density at radius 1 is 1.13 bits per heavy atom. The van der Waals surface area contributed by atoms with Crippen LogP contribution < -0.4 is 10.6 Å². The lowest BCUT2D eigenvalue weighted by molar-refractivity contribution is -0.126. The fourth-order valence-electron chi connectivity index (χ4n) is 6.63. The summed E-state index contributed by atoms with van der Waals surface area (Å²) < 4.78 is 41.2. The van der Waals surface area contributed by atoms with Gasteiger partial charge in [-0.25, -0.2) is 9.97 Å². The van der Waals surface area contributed by atoms with Gasteiger partial charge < -0.3 is 15.2 Å². The van der Waals surface area contributed by atoms with Gasteiger partial charge in [0.25, 0.3) is 0 Å². The number of hydrogen-bond acceptors (Lipinski definition) is 10. The van der Waals surface area contributed by atoms with Gasteiger partial charge in [-0.05, 0) is 62.9 Å². The molecule has 2 N–H and O–H groups in total. The summed E-state index contributed by atoms with van der Waals surface area (Å²) in [4.78, 5) is 23.3. The molecule has 6 rings (SSSR count). The van der Waals surface area contributed by atoms with Gasteiger partial charge in [-0.15, -0.1) is 11.3 Å². The first-order valence-corrected chi connectivity index (χ1v) is 16.8. The summed E-state index contributed by atoms with van der Waals surface area (Å²) in [6.07, 6.45) is -3.39. The topological polar surface area (TPSA) is 114 Å². The Hall–Kier alpha value is -3.64. The van der Waals surface area contributed by atoms with Crippen molar-refractivity contribution in [3.63, 3.8) is 0 Å². The predicted molar refractivity (Wildman–Crippen MR) is 181 cm³/mol. The Bertz CT molecular complexity index is 1730. The van der Waals surface area contributed by atoms with Crippen molar-refractivity contribution in [2.45, 2.75) is 71.4 Å². The molecule has 2 aliphatic rings. The number of nitrogens with zero attached hydrogens (tertiary/aromatic N) is 7. The fraction of sp³-hybridized carbons (Fsp3) is 0.545. The number of aromatic nitrogens is 3. The molecule has 0 saturated carbocycles. The molecule has 1 aromatic carbocycles. The summed E-state index contributed by atoms with van der Waals surface area (Å²) in [5, 5.41) is 20.9. The number of nitriles is 1. The minimum absolute atomic E-state index is 0.184.